The van der Waals surface area contributed by atoms with Gasteiger partial charge in [-0.2, -0.15) is 0 Å². The van der Waals surface area contributed by atoms with E-state index in [1.807, 2.05) is 14.1 Å². The summed E-state index contributed by atoms with van der Waals surface area (Å²) in [6.07, 6.45) is 0. The van der Waals surface area contributed by atoms with Gasteiger partial charge in [-0.05, 0) is 38.6 Å². The number of hydrogen-bond donors (Lipinski definition) is 1. The van der Waals surface area contributed by atoms with Crippen molar-refractivity contribution in [3.05, 3.63) is 21.9 Å². The quantitative estimate of drug-likeness (QED) is 0.814. The van der Waals surface area contributed by atoms with Crippen molar-refractivity contribution in [1.29, 1.82) is 0 Å². The maximum absolute atomic E-state index is 12.0. The van der Waals surface area contributed by atoms with Crippen LogP contribution < -0.4 is 5.32 Å². The first-order chi connectivity index (χ1) is 8.71. The predicted octanol–water partition coefficient (Wildman–Crippen LogP) is 2.27. The van der Waals surface area contributed by atoms with Crippen molar-refractivity contribution < 1.29 is 9.59 Å². The fourth-order valence-corrected chi connectivity index (χ4v) is 2.79. The lowest BCUT2D eigenvalue weighted by atomic mass is 9.93. The molecule has 0 saturated heterocycles. The Bertz CT molecular complexity index is 464. The van der Waals surface area contributed by atoms with Gasteiger partial charge in [0.05, 0.1) is 9.75 Å². The van der Waals surface area contributed by atoms with E-state index in [2.05, 4.69) is 24.1 Å². The lowest BCUT2D eigenvalue weighted by Gasteiger charge is -2.28. The summed E-state index contributed by atoms with van der Waals surface area (Å²) in [7, 11) is 4.03. The lowest BCUT2D eigenvalue weighted by molar-refractivity contribution is 0.0933. The molecule has 0 aliphatic rings. The molecule has 0 atom stereocenters. The SMILES string of the molecule is CC(=O)c1ccc(C(=O)NCC(C)(C)CN(C)C)s1. The van der Waals surface area contributed by atoms with Crippen LogP contribution in [0.25, 0.3) is 0 Å². The van der Waals surface area contributed by atoms with Crippen molar-refractivity contribution in [2.75, 3.05) is 27.2 Å². The van der Waals surface area contributed by atoms with Gasteiger partial charge in [0.1, 0.15) is 0 Å². The van der Waals surface area contributed by atoms with Crippen LogP contribution in [0.1, 0.15) is 40.1 Å². The average molecular weight is 282 g/mol. The van der Waals surface area contributed by atoms with Crippen molar-refractivity contribution in [3.8, 4) is 0 Å². The zero-order valence-corrected chi connectivity index (χ0v) is 13.1. The van der Waals surface area contributed by atoms with E-state index in [-0.39, 0.29) is 17.1 Å². The number of hydrogen-bond acceptors (Lipinski definition) is 4. The Hall–Kier alpha value is -1.20. The molecule has 0 aromatic carbocycles. The summed E-state index contributed by atoms with van der Waals surface area (Å²) in [6.45, 7) is 7.24. The number of ketones is 1. The Labute approximate surface area is 118 Å². The van der Waals surface area contributed by atoms with E-state index in [0.29, 0.717) is 16.3 Å². The normalized spacial score (nSPS) is 11.7. The molecule has 1 aromatic rings. The number of thiophene rings is 1. The first-order valence-electron chi connectivity index (χ1n) is 6.25. The van der Waals surface area contributed by atoms with Crippen LogP contribution in [0, 0.1) is 5.41 Å². The second-order valence-corrected chi connectivity index (χ2v) is 6.89. The number of nitrogens with one attached hydrogen (secondary N) is 1. The van der Waals surface area contributed by atoms with E-state index < -0.39 is 0 Å². The van der Waals surface area contributed by atoms with Crippen LogP contribution in [0.3, 0.4) is 0 Å². The van der Waals surface area contributed by atoms with Crippen LogP contribution in [-0.2, 0) is 0 Å². The fourth-order valence-electron chi connectivity index (χ4n) is 1.97. The summed E-state index contributed by atoms with van der Waals surface area (Å²) in [4.78, 5) is 26.5. The zero-order chi connectivity index (χ0) is 14.6. The largest absolute Gasteiger partial charge is 0.351 e. The van der Waals surface area contributed by atoms with E-state index in [9.17, 15) is 9.59 Å². The van der Waals surface area contributed by atoms with Gasteiger partial charge in [0.15, 0.2) is 5.78 Å². The van der Waals surface area contributed by atoms with Crippen LogP contribution in [0.5, 0.6) is 0 Å². The van der Waals surface area contributed by atoms with Crippen molar-refractivity contribution in [3.63, 3.8) is 0 Å². The van der Waals surface area contributed by atoms with Crippen LogP contribution >= 0.6 is 11.3 Å². The van der Waals surface area contributed by atoms with Gasteiger partial charge in [0.25, 0.3) is 5.91 Å². The van der Waals surface area contributed by atoms with Crippen LogP contribution in [0.4, 0.5) is 0 Å². The molecular weight excluding hydrogens is 260 g/mol. The van der Waals surface area contributed by atoms with E-state index in [1.165, 1.54) is 18.3 Å². The van der Waals surface area contributed by atoms with Gasteiger partial charge >= 0.3 is 0 Å². The van der Waals surface area contributed by atoms with Crippen molar-refractivity contribution in [1.82, 2.24) is 10.2 Å². The van der Waals surface area contributed by atoms with Crippen molar-refractivity contribution in [2.45, 2.75) is 20.8 Å². The monoisotopic (exact) mass is 282 g/mol. The molecule has 106 valence electrons. The molecule has 0 unspecified atom stereocenters. The first-order valence-corrected chi connectivity index (χ1v) is 7.06. The van der Waals surface area contributed by atoms with Gasteiger partial charge in [0.2, 0.25) is 0 Å². The molecule has 1 rings (SSSR count). The first kappa shape index (κ1) is 15.9. The molecule has 1 N–H and O–H groups in total. The Balaban J connectivity index is 2.57. The van der Waals surface area contributed by atoms with Crippen LogP contribution in [-0.4, -0.2) is 43.8 Å². The molecule has 0 spiro atoms. The van der Waals surface area contributed by atoms with Gasteiger partial charge in [-0.3, -0.25) is 9.59 Å². The molecular formula is C14H22N2O2S. The number of amides is 1. The molecule has 0 saturated carbocycles. The van der Waals surface area contributed by atoms with Gasteiger partial charge < -0.3 is 10.2 Å². The zero-order valence-electron chi connectivity index (χ0n) is 12.2. The Morgan fingerprint density at radius 1 is 1.26 bits per heavy atom. The third-order valence-electron chi connectivity index (χ3n) is 2.65. The molecule has 5 heteroatoms. The Kier molecular flexibility index (Phi) is 5.26. The maximum atomic E-state index is 12.0. The molecule has 0 aliphatic carbocycles. The van der Waals surface area contributed by atoms with E-state index in [0.717, 1.165) is 6.54 Å². The lowest BCUT2D eigenvalue weighted by Crippen LogP contribution is -2.39. The number of Topliss-reactive ketones (excluding diaryl/α,β-unsaturated/α-hetero) is 1. The van der Waals surface area contributed by atoms with E-state index in [4.69, 9.17) is 0 Å². The molecule has 0 bridgehead atoms. The standard InChI is InChI=1S/C14H22N2O2S/c1-10(17)11-6-7-12(19-11)13(18)15-8-14(2,3)9-16(4)5/h6-7H,8-9H2,1-5H3,(H,15,18). The highest BCUT2D eigenvalue weighted by Crippen LogP contribution is 2.18. The summed E-state index contributed by atoms with van der Waals surface area (Å²) < 4.78 is 0. The average Bonchev–Trinajstić information content (AvgIpc) is 2.73. The highest BCUT2D eigenvalue weighted by molar-refractivity contribution is 7.15. The minimum atomic E-state index is -0.107. The molecule has 19 heavy (non-hydrogen) atoms. The Morgan fingerprint density at radius 3 is 2.32 bits per heavy atom. The number of rotatable bonds is 6. The molecule has 1 amide bonds. The summed E-state index contributed by atoms with van der Waals surface area (Å²) in [5.41, 5.74) is 0.0137. The second-order valence-electron chi connectivity index (χ2n) is 5.80. The summed E-state index contributed by atoms with van der Waals surface area (Å²) >= 11 is 1.24. The topological polar surface area (TPSA) is 49.4 Å². The minimum Gasteiger partial charge on any atom is -0.351 e. The van der Waals surface area contributed by atoms with Crippen molar-refractivity contribution >= 4 is 23.0 Å². The van der Waals surface area contributed by atoms with Gasteiger partial charge in [-0.1, -0.05) is 13.8 Å². The van der Waals surface area contributed by atoms with E-state index in [1.54, 1.807) is 12.1 Å². The van der Waals surface area contributed by atoms with Crippen molar-refractivity contribution in [2.24, 2.45) is 5.41 Å². The maximum Gasteiger partial charge on any atom is 0.261 e. The summed E-state index contributed by atoms with van der Waals surface area (Å²) in [5, 5.41) is 2.93. The number of carbonyl (C=O) groups excluding carboxylic acids is 2. The van der Waals surface area contributed by atoms with E-state index >= 15 is 0 Å². The van der Waals surface area contributed by atoms with Crippen LogP contribution in [0.2, 0.25) is 0 Å². The number of nitrogens with zero attached hydrogens (tertiary/aromatic N) is 1. The number of carbonyl (C=O) groups is 2. The second kappa shape index (κ2) is 6.30. The third kappa shape index (κ3) is 5.12. The fraction of sp³-hybridized carbons (Fsp3) is 0.571. The molecule has 4 nitrogen and oxygen atoms in total. The highest BCUT2D eigenvalue weighted by Gasteiger charge is 2.20. The molecule has 0 fully saturated rings. The Morgan fingerprint density at radius 2 is 1.84 bits per heavy atom. The third-order valence-corrected chi connectivity index (χ3v) is 3.83. The van der Waals surface area contributed by atoms with Gasteiger partial charge in [-0.15, -0.1) is 11.3 Å². The summed E-state index contributed by atoms with van der Waals surface area (Å²) in [6, 6.07) is 3.41. The predicted molar refractivity (Wildman–Crippen MR) is 79.0 cm³/mol. The van der Waals surface area contributed by atoms with Crippen LogP contribution in [0.15, 0.2) is 12.1 Å². The van der Waals surface area contributed by atoms with Gasteiger partial charge in [-0.25, -0.2) is 0 Å². The minimum absolute atomic E-state index is 0.00279. The molecule has 1 heterocycles. The summed E-state index contributed by atoms with van der Waals surface area (Å²) in [5.74, 6) is -0.110. The molecule has 0 aliphatic heterocycles. The van der Waals surface area contributed by atoms with Gasteiger partial charge in [0, 0.05) is 13.1 Å². The smallest absolute Gasteiger partial charge is 0.261 e. The molecule has 1 aromatic heterocycles. The highest BCUT2D eigenvalue weighted by atomic mass is 32.1. The molecule has 0 radical (unpaired) electrons.